The number of methoxy groups -OCH3 is 1. The topological polar surface area (TPSA) is 30.5 Å². The lowest BCUT2D eigenvalue weighted by Crippen LogP contribution is -2.19. The van der Waals surface area contributed by atoms with Gasteiger partial charge in [0.15, 0.2) is 0 Å². The lowest BCUT2D eigenvalue weighted by atomic mass is 10.2. The van der Waals surface area contributed by atoms with Crippen LogP contribution in [0.2, 0.25) is 0 Å². The van der Waals surface area contributed by atoms with Gasteiger partial charge >= 0.3 is 0 Å². The summed E-state index contributed by atoms with van der Waals surface area (Å²) in [6.45, 7) is 1.83. The minimum Gasteiger partial charge on any atom is -0.457 e. The maximum Gasteiger partial charge on any atom is 0.132 e. The van der Waals surface area contributed by atoms with Crippen LogP contribution in [-0.2, 0) is 11.3 Å². The lowest BCUT2D eigenvalue weighted by Gasteiger charge is -2.12. The van der Waals surface area contributed by atoms with E-state index in [0.717, 1.165) is 10.0 Å². The van der Waals surface area contributed by atoms with Gasteiger partial charge < -0.3 is 14.8 Å². The van der Waals surface area contributed by atoms with Gasteiger partial charge in [0.2, 0.25) is 0 Å². The minimum atomic E-state index is -0.276. The van der Waals surface area contributed by atoms with Gasteiger partial charge in [0.1, 0.15) is 17.3 Å². The summed E-state index contributed by atoms with van der Waals surface area (Å²) in [5.41, 5.74) is 0.772. The van der Waals surface area contributed by atoms with Crippen LogP contribution in [0, 0.1) is 5.82 Å². The van der Waals surface area contributed by atoms with Crippen molar-refractivity contribution in [3.63, 3.8) is 0 Å². The summed E-state index contributed by atoms with van der Waals surface area (Å²) in [4.78, 5) is 0. The molecule has 0 atom stereocenters. The summed E-state index contributed by atoms with van der Waals surface area (Å²) in [5.74, 6) is 1.08. The molecule has 2 aromatic rings. The Morgan fingerprint density at radius 3 is 2.62 bits per heavy atom. The molecule has 2 aromatic carbocycles. The van der Waals surface area contributed by atoms with Gasteiger partial charge in [-0.05, 0) is 42.5 Å². The Morgan fingerprint density at radius 1 is 1.14 bits per heavy atom. The van der Waals surface area contributed by atoms with E-state index in [1.807, 2.05) is 24.3 Å². The van der Waals surface area contributed by atoms with Gasteiger partial charge in [0.25, 0.3) is 0 Å². The van der Waals surface area contributed by atoms with E-state index < -0.39 is 0 Å². The number of hydrogen-bond donors (Lipinski definition) is 1. The van der Waals surface area contributed by atoms with Crippen LogP contribution in [0.4, 0.5) is 4.39 Å². The first-order chi connectivity index (χ1) is 10.2. The predicted octanol–water partition coefficient (Wildman–Crippen LogP) is 4.12. The first-order valence-corrected chi connectivity index (χ1v) is 7.40. The Bertz CT molecular complexity index is 575. The number of rotatable bonds is 7. The van der Waals surface area contributed by atoms with Gasteiger partial charge in [-0.25, -0.2) is 4.39 Å². The standard InChI is InChI=1S/C16H17BrFNO2/c1-20-9-8-19-11-12-10-14(18)4-7-16(12)21-15-5-2-13(17)3-6-15/h2-7,10,19H,8-9,11H2,1H3. The molecule has 2 rings (SSSR count). The third kappa shape index (κ3) is 5.12. The summed E-state index contributed by atoms with van der Waals surface area (Å²) < 4.78 is 25.2. The molecule has 0 radical (unpaired) electrons. The highest BCUT2D eigenvalue weighted by Crippen LogP contribution is 2.27. The molecule has 0 aromatic heterocycles. The molecule has 0 spiro atoms. The fraction of sp³-hybridized carbons (Fsp3) is 0.250. The molecular formula is C16H17BrFNO2. The number of halogens is 2. The average Bonchev–Trinajstić information content (AvgIpc) is 2.48. The van der Waals surface area contributed by atoms with E-state index in [1.165, 1.54) is 12.1 Å². The highest BCUT2D eigenvalue weighted by atomic mass is 79.9. The normalized spacial score (nSPS) is 10.6. The molecule has 0 fully saturated rings. The van der Waals surface area contributed by atoms with Gasteiger partial charge in [-0.2, -0.15) is 0 Å². The van der Waals surface area contributed by atoms with E-state index >= 15 is 0 Å². The SMILES string of the molecule is COCCNCc1cc(F)ccc1Oc1ccc(Br)cc1. The summed E-state index contributed by atoms with van der Waals surface area (Å²) >= 11 is 3.38. The van der Waals surface area contributed by atoms with E-state index in [-0.39, 0.29) is 5.82 Å². The molecule has 1 N–H and O–H groups in total. The fourth-order valence-corrected chi connectivity index (χ4v) is 2.08. The molecule has 0 amide bonds. The van der Waals surface area contributed by atoms with Crippen LogP contribution in [-0.4, -0.2) is 20.3 Å². The van der Waals surface area contributed by atoms with Gasteiger partial charge in [-0.15, -0.1) is 0 Å². The molecule has 0 aliphatic carbocycles. The Hall–Kier alpha value is -1.43. The van der Waals surface area contributed by atoms with Crippen molar-refractivity contribution in [2.45, 2.75) is 6.54 Å². The third-order valence-electron chi connectivity index (χ3n) is 2.86. The van der Waals surface area contributed by atoms with E-state index in [0.29, 0.717) is 31.2 Å². The number of benzene rings is 2. The third-order valence-corrected chi connectivity index (χ3v) is 3.39. The molecule has 5 heteroatoms. The van der Waals surface area contributed by atoms with Gasteiger partial charge in [-0.1, -0.05) is 15.9 Å². The van der Waals surface area contributed by atoms with Crippen molar-refractivity contribution in [2.24, 2.45) is 0 Å². The molecular weight excluding hydrogens is 337 g/mol. The van der Waals surface area contributed by atoms with Crippen LogP contribution in [0.1, 0.15) is 5.56 Å². The first kappa shape index (κ1) is 15.9. The quantitative estimate of drug-likeness (QED) is 0.759. The average molecular weight is 354 g/mol. The van der Waals surface area contributed by atoms with Crippen molar-refractivity contribution in [1.29, 1.82) is 0 Å². The molecule has 112 valence electrons. The van der Waals surface area contributed by atoms with Crippen molar-refractivity contribution in [3.05, 3.63) is 58.3 Å². The van der Waals surface area contributed by atoms with E-state index in [9.17, 15) is 4.39 Å². The van der Waals surface area contributed by atoms with Crippen molar-refractivity contribution in [1.82, 2.24) is 5.32 Å². The number of ether oxygens (including phenoxy) is 2. The molecule has 3 nitrogen and oxygen atoms in total. The lowest BCUT2D eigenvalue weighted by molar-refractivity contribution is 0.199. The Kier molecular flexibility index (Phi) is 6.17. The van der Waals surface area contributed by atoms with Crippen LogP contribution in [0.3, 0.4) is 0 Å². The number of nitrogens with one attached hydrogen (secondary N) is 1. The molecule has 21 heavy (non-hydrogen) atoms. The van der Waals surface area contributed by atoms with Crippen LogP contribution in [0.15, 0.2) is 46.9 Å². The molecule has 0 saturated carbocycles. The van der Waals surface area contributed by atoms with Crippen molar-refractivity contribution in [2.75, 3.05) is 20.3 Å². The second kappa shape index (κ2) is 8.12. The smallest absolute Gasteiger partial charge is 0.132 e. The molecule has 0 aliphatic rings. The Morgan fingerprint density at radius 2 is 1.90 bits per heavy atom. The molecule has 0 saturated heterocycles. The van der Waals surface area contributed by atoms with Crippen LogP contribution >= 0.6 is 15.9 Å². The largest absolute Gasteiger partial charge is 0.457 e. The molecule has 0 unspecified atom stereocenters. The van der Waals surface area contributed by atoms with Crippen molar-refractivity contribution < 1.29 is 13.9 Å². The second-order valence-electron chi connectivity index (χ2n) is 4.48. The second-order valence-corrected chi connectivity index (χ2v) is 5.39. The van der Waals surface area contributed by atoms with Crippen LogP contribution in [0.5, 0.6) is 11.5 Å². The van der Waals surface area contributed by atoms with Crippen LogP contribution in [0.25, 0.3) is 0 Å². The summed E-state index contributed by atoms with van der Waals surface area (Å²) in [6.07, 6.45) is 0. The molecule has 0 aliphatic heterocycles. The predicted molar refractivity (Wildman–Crippen MR) is 84.2 cm³/mol. The highest BCUT2D eigenvalue weighted by Gasteiger charge is 2.07. The maximum absolute atomic E-state index is 13.4. The van der Waals surface area contributed by atoms with Crippen molar-refractivity contribution in [3.8, 4) is 11.5 Å². The maximum atomic E-state index is 13.4. The number of hydrogen-bond acceptors (Lipinski definition) is 3. The highest BCUT2D eigenvalue weighted by molar-refractivity contribution is 9.10. The summed E-state index contributed by atoms with van der Waals surface area (Å²) in [6, 6.07) is 12.0. The van der Waals surface area contributed by atoms with Crippen molar-refractivity contribution >= 4 is 15.9 Å². The molecule has 0 bridgehead atoms. The van der Waals surface area contributed by atoms with E-state index in [2.05, 4.69) is 21.2 Å². The fourth-order valence-electron chi connectivity index (χ4n) is 1.81. The van der Waals surface area contributed by atoms with Gasteiger partial charge in [0.05, 0.1) is 6.61 Å². The van der Waals surface area contributed by atoms with E-state index in [1.54, 1.807) is 13.2 Å². The minimum absolute atomic E-state index is 0.276. The Labute approximate surface area is 132 Å². The van der Waals surface area contributed by atoms with Gasteiger partial charge in [0, 0.05) is 30.2 Å². The zero-order valence-electron chi connectivity index (χ0n) is 11.7. The van der Waals surface area contributed by atoms with Crippen LogP contribution < -0.4 is 10.1 Å². The zero-order valence-corrected chi connectivity index (χ0v) is 13.3. The molecule has 0 heterocycles. The van der Waals surface area contributed by atoms with Gasteiger partial charge in [-0.3, -0.25) is 0 Å². The summed E-state index contributed by atoms with van der Waals surface area (Å²) in [5, 5.41) is 3.19. The monoisotopic (exact) mass is 353 g/mol. The van der Waals surface area contributed by atoms with E-state index in [4.69, 9.17) is 9.47 Å². The zero-order chi connectivity index (χ0) is 15.1. The Balaban J connectivity index is 2.08. The summed E-state index contributed by atoms with van der Waals surface area (Å²) in [7, 11) is 1.64. The first-order valence-electron chi connectivity index (χ1n) is 6.60.